The summed E-state index contributed by atoms with van der Waals surface area (Å²) in [5.74, 6) is 0.165. The highest BCUT2D eigenvalue weighted by atomic mass is 32.2. The van der Waals surface area contributed by atoms with Crippen molar-refractivity contribution in [2.24, 2.45) is 0 Å². The summed E-state index contributed by atoms with van der Waals surface area (Å²) in [7, 11) is -7.59. The number of fused-ring (bicyclic) bond motifs is 1. The van der Waals surface area contributed by atoms with Gasteiger partial charge in [0, 0.05) is 31.4 Å². The van der Waals surface area contributed by atoms with Gasteiger partial charge in [-0.05, 0) is 40.7 Å². The maximum atomic E-state index is 13.5. The molecule has 2 aliphatic rings. The first-order chi connectivity index (χ1) is 18.6. The van der Waals surface area contributed by atoms with E-state index >= 15 is 0 Å². The number of hydrogen-bond donors (Lipinski definition) is 1. The average molecular weight is 620 g/mol. The largest absolute Gasteiger partial charge is 0.377 e. The zero-order valence-electron chi connectivity index (χ0n) is 22.6. The number of ether oxygens (including phenoxy) is 1. The van der Waals surface area contributed by atoms with Gasteiger partial charge in [-0.3, -0.25) is 4.40 Å². The lowest BCUT2D eigenvalue weighted by atomic mass is 10.0. The zero-order valence-corrected chi connectivity index (χ0v) is 25.0. The van der Waals surface area contributed by atoms with Gasteiger partial charge in [0.15, 0.2) is 15.8 Å². The van der Waals surface area contributed by atoms with Crippen LogP contribution >= 0.6 is 11.3 Å². The van der Waals surface area contributed by atoms with Crippen molar-refractivity contribution >= 4 is 42.6 Å². The summed E-state index contributed by atoms with van der Waals surface area (Å²) in [5.41, 5.74) is 0.257. The molecule has 2 fully saturated rings. The standard InChI is InChI=1S/C23H31F2N7O5S3/c1-13(2)40(35,36)32-14(3)8-30(9-15(32)4)17-6-16(39(33,34)29-23(5)11-37-12-23)10-31-18(17)7-26-20(31)22-28-27-21(38-22)19(24)25/h6-7,10,13-15,19,29H,8-9,11-12H2,1-5H3/t14-,15-/m0/s1. The Bertz CT molecular complexity index is 1630. The molecule has 5 rings (SSSR count). The summed E-state index contributed by atoms with van der Waals surface area (Å²) in [6, 6.07) is 0.725. The van der Waals surface area contributed by atoms with Crippen LogP contribution in [-0.4, -0.2) is 89.9 Å². The van der Waals surface area contributed by atoms with Crippen LogP contribution in [-0.2, 0) is 24.8 Å². The Kier molecular flexibility index (Phi) is 7.44. The predicted octanol–water partition coefficient (Wildman–Crippen LogP) is 2.49. The molecular weight excluding hydrogens is 588 g/mol. The second-order valence-electron chi connectivity index (χ2n) is 10.8. The summed E-state index contributed by atoms with van der Waals surface area (Å²) in [5, 5.41) is 6.45. The summed E-state index contributed by atoms with van der Waals surface area (Å²) < 4.78 is 90.5. The van der Waals surface area contributed by atoms with Gasteiger partial charge in [0.1, 0.15) is 4.90 Å². The fourth-order valence-electron chi connectivity index (χ4n) is 5.13. The van der Waals surface area contributed by atoms with Crippen LogP contribution in [0.5, 0.6) is 0 Å². The second kappa shape index (κ2) is 10.2. The van der Waals surface area contributed by atoms with E-state index in [4.69, 9.17) is 4.74 Å². The molecule has 0 unspecified atom stereocenters. The normalized spacial score (nSPS) is 22.4. The molecule has 5 heterocycles. The van der Waals surface area contributed by atoms with Gasteiger partial charge in [0.05, 0.1) is 41.4 Å². The van der Waals surface area contributed by atoms with Crippen molar-refractivity contribution in [3.8, 4) is 10.8 Å². The summed E-state index contributed by atoms with van der Waals surface area (Å²) in [6.07, 6.45) is 0.0910. The van der Waals surface area contributed by atoms with Gasteiger partial charge in [0.25, 0.3) is 6.43 Å². The van der Waals surface area contributed by atoms with Gasteiger partial charge < -0.3 is 9.64 Å². The van der Waals surface area contributed by atoms with Crippen LogP contribution in [0.2, 0.25) is 0 Å². The minimum Gasteiger partial charge on any atom is -0.377 e. The van der Waals surface area contributed by atoms with E-state index in [9.17, 15) is 25.6 Å². The van der Waals surface area contributed by atoms with Crippen LogP contribution < -0.4 is 9.62 Å². The number of rotatable bonds is 8. The summed E-state index contributed by atoms with van der Waals surface area (Å²) >= 11 is 0.673. The molecule has 2 saturated heterocycles. The summed E-state index contributed by atoms with van der Waals surface area (Å²) in [6.45, 7) is 9.68. The van der Waals surface area contributed by atoms with Crippen LogP contribution in [0.1, 0.15) is 46.1 Å². The van der Waals surface area contributed by atoms with Crippen molar-refractivity contribution in [3.63, 3.8) is 0 Å². The highest BCUT2D eigenvalue weighted by Gasteiger charge is 2.41. The Morgan fingerprint density at radius 1 is 1.12 bits per heavy atom. The minimum absolute atomic E-state index is 0.0708. The van der Waals surface area contributed by atoms with Crippen molar-refractivity contribution in [3.05, 3.63) is 23.5 Å². The quantitative estimate of drug-likeness (QED) is 0.403. The van der Waals surface area contributed by atoms with Gasteiger partial charge in [-0.15, -0.1) is 10.2 Å². The average Bonchev–Trinajstić information content (AvgIpc) is 3.48. The van der Waals surface area contributed by atoms with Crippen molar-refractivity contribution in [1.29, 1.82) is 0 Å². The van der Waals surface area contributed by atoms with Crippen molar-refractivity contribution in [1.82, 2.24) is 28.6 Å². The Balaban J connectivity index is 1.62. The van der Waals surface area contributed by atoms with E-state index in [2.05, 4.69) is 19.9 Å². The van der Waals surface area contributed by atoms with Gasteiger partial charge >= 0.3 is 0 Å². The molecule has 0 bridgehead atoms. The number of sulfonamides is 2. The number of anilines is 1. The number of nitrogens with zero attached hydrogens (tertiary/aromatic N) is 6. The number of piperazine rings is 1. The number of halogens is 2. The first-order valence-corrected chi connectivity index (χ1v) is 16.5. The maximum Gasteiger partial charge on any atom is 0.291 e. The van der Waals surface area contributed by atoms with E-state index in [1.807, 2.05) is 18.7 Å². The molecular formula is C23H31F2N7O5S3. The Labute approximate surface area is 235 Å². The van der Waals surface area contributed by atoms with Crippen LogP contribution in [0.4, 0.5) is 14.5 Å². The molecule has 0 aromatic carbocycles. The van der Waals surface area contributed by atoms with Gasteiger partial charge in [-0.25, -0.2) is 35.3 Å². The lowest BCUT2D eigenvalue weighted by molar-refractivity contribution is -0.0523. The molecule has 2 aliphatic heterocycles. The first-order valence-electron chi connectivity index (χ1n) is 12.6. The number of nitrogens with one attached hydrogen (secondary N) is 1. The molecule has 17 heteroatoms. The molecule has 0 aliphatic carbocycles. The summed E-state index contributed by atoms with van der Waals surface area (Å²) in [4.78, 5) is 6.25. The molecule has 1 N–H and O–H groups in total. The molecule has 3 aromatic heterocycles. The van der Waals surface area contributed by atoms with Crippen molar-refractivity contribution < 1.29 is 30.4 Å². The maximum absolute atomic E-state index is 13.5. The lowest BCUT2D eigenvalue weighted by Gasteiger charge is -2.45. The molecule has 0 saturated carbocycles. The van der Waals surface area contributed by atoms with Gasteiger partial charge in [-0.2, -0.15) is 4.31 Å². The van der Waals surface area contributed by atoms with Crippen LogP contribution in [0.15, 0.2) is 23.4 Å². The van der Waals surface area contributed by atoms with E-state index in [0.717, 1.165) is 0 Å². The highest BCUT2D eigenvalue weighted by molar-refractivity contribution is 7.90. The van der Waals surface area contributed by atoms with E-state index in [0.29, 0.717) is 35.6 Å². The molecule has 0 radical (unpaired) electrons. The number of alkyl halides is 2. The fraction of sp³-hybridized carbons (Fsp3) is 0.609. The topological polar surface area (TPSA) is 139 Å². The van der Waals surface area contributed by atoms with Crippen molar-refractivity contribution in [2.45, 2.75) is 68.8 Å². The Hall–Kier alpha value is -2.31. The molecule has 0 amide bonds. The van der Waals surface area contributed by atoms with E-state index < -0.39 is 54.4 Å². The Morgan fingerprint density at radius 3 is 2.30 bits per heavy atom. The third kappa shape index (κ3) is 5.11. The monoisotopic (exact) mass is 619 g/mol. The molecule has 220 valence electrons. The second-order valence-corrected chi connectivity index (χ2v) is 15.9. The van der Waals surface area contributed by atoms with Crippen LogP contribution in [0, 0.1) is 0 Å². The zero-order chi connectivity index (χ0) is 29.2. The molecule has 40 heavy (non-hydrogen) atoms. The lowest BCUT2D eigenvalue weighted by Crippen LogP contribution is -2.60. The van der Waals surface area contributed by atoms with Gasteiger partial charge in [0.2, 0.25) is 20.0 Å². The highest BCUT2D eigenvalue weighted by Crippen LogP contribution is 2.35. The number of hydrogen-bond acceptors (Lipinski definition) is 10. The molecule has 2 atom stereocenters. The predicted molar refractivity (Wildman–Crippen MR) is 146 cm³/mol. The third-order valence-corrected chi connectivity index (χ3v) is 12.0. The molecule has 12 nitrogen and oxygen atoms in total. The number of aromatic nitrogens is 4. The van der Waals surface area contributed by atoms with E-state index in [1.54, 1.807) is 20.8 Å². The molecule has 3 aromatic rings. The molecule has 0 spiro atoms. The fourth-order valence-corrected chi connectivity index (χ4v) is 8.84. The van der Waals surface area contributed by atoms with Crippen LogP contribution in [0.3, 0.4) is 0 Å². The van der Waals surface area contributed by atoms with Gasteiger partial charge in [-0.1, -0.05) is 11.3 Å². The number of imidazole rings is 1. The smallest absolute Gasteiger partial charge is 0.291 e. The van der Waals surface area contributed by atoms with Crippen LogP contribution in [0.25, 0.3) is 16.3 Å². The van der Waals surface area contributed by atoms with E-state index in [1.165, 1.54) is 27.2 Å². The number of pyridine rings is 1. The first kappa shape index (κ1) is 29.2. The Morgan fingerprint density at radius 2 is 1.77 bits per heavy atom. The van der Waals surface area contributed by atoms with E-state index in [-0.39, 0.29) is 28.9 Å². The van der Waals surface area contributed by atoms with Crippen molar-refractivity contribution in [2.75, 3.05) is 31.2 Å². The third-order valence-electron chi connectivity index (χ3n) is 7.01. The minimum atomic E-state index is -4.05. The SMILES string of the molecule is CC(C)S(=O)(=O)N1[C@@H](C)CN(c2cc(S(=O)(=O)NC3(C)COC3)cn3c(-c4nnc(C(F)F)s4)ncc23)C[C@@H]1C.